The van der Waals surface area contributed by atoms with Crippen LogP contribution in [0.15, 0.2) is 54.6 Å². The number of rotatable bonds is 2. The predicted molar refractivity (Wildman–Crippen MR) is 71.3 cm³/mol. The first-order valence-corrected chi connectivity index (χ1v) is 6.29. The van der Waals surface area contributed by atoms with Gasteiger partial charge in [-0.15, -0.1) is 0 Å². The van der Waals surface area contributed by atoms with E-state index in [1.165, 1.54) is 0 Å². The molecule has 0 fully saturated rings. The Kier molecular flexibility index (Phi) is 3.19. The summed E-state index contributed by atoms with van der Waals surface area (Å²) in [5.74, 6) is 0.586. The van der Waals surface area contributed by atoms with E-state index >= 15 is 0 Å². The van der Waals surface area contributed by atoms with Gasteiger partial charge in [0.15, 0.2) is 0 Å². The van der Waals surface area contributed by atoms with Gasteiger partial charge >= 0.3 is 5.97 Å². The third-order valence-electron chi connectivity index (χ3n) is 3.13. The molecule has 3 rings (SSSR count). The van der Waals surface area contributed by atoms with Crippen LogP contribution in [0.3, 0.4) is 0 Å². The zero-order valence-corrected chi connectivity index (χ0v) is 10.4. The highest BCUT2D eigenvalue weighted by Gasteiger charge is 2.23. The molecule has 0 N–H and O–H groups in total. The Labute approximate surface area is 111 Å². The minimum Gasteiger partial charge on any atom is -0.489 e. The molecule has 1 atom stereocenters. The van der Waals surface area contributed by atoms with Crippen LogP contribution in [0.4, 0.5) is 0 Å². The summed E-state index contributed by atoms with van der Waals surface area (Å²) in [6.07, 6.45) is 0.483. The summed E-state index contributed by atoms with van der Waals surface area (Å²) in [7, 11) is 0. The number of para-hydroxylation sites is 1. The quantitative estimate of drug-likeness (QED) is 0.773. The van der Waals surface area contributed by atoms with Crippen LogP contribution < -0.4 is 4.74 Å². The monoisotopic (exact) mass is 254 g/mol. The van der Waals surface area contributed by atoms with E-state index in [-0.39, 0.29) is 12.1 Å². The van der Waals surface area contributed by atoms with Gasteiger partial charge in [-0.05, 0) is 23.8 Å². The van der Waals surface area contributed by atoms with Gasteiger partial charge in [0.25, 0.3) is 0 Å². The van der Waals surface area contributed by atoms with Gasteiger partial charge in [0.1, 0.15) is 18.5 Å². The van der Waals surface area contributed by atoms with Crippen LogP contribution in [0.5, 0.6) is 5.75 Å². The van der Waals surface area contributed by atoms with Crippen LogP contribution in [0, 0.1) is 0 Å². The summed E-state index contributed by atoms with van der Waals surface area (Å²) in [6.45, 7) is 0.412. The smallest absolute Gasteiger partial charge is 0.338 e. The Bertz CT molecular complexity index is 578. The van der Waals surface area contributed by atoms with E-state index in [9.17, 15) is 4.79 Å². The number of hydrogen-bond donors (Lipinski definition) is 0. The molecule has 0 bridgehead atoms. The lowest BCUT2D eigenvalue weighted by Crippen LogP contribution is -2.31. The Hall–Kier alpha value is -2.29. The lowest BCUT2D eigenvalue weighted by molar-refractivity contribution is 0.0132. The summed E-state index contributed by atoms with van der Waals surface area (Å²) in [5.41, 5.74) is 1.65. The second kappa shape index (κ2) is 5.14. The molecule has 0 spiro atoms. The van der Waals surface area contributed by atoms with Crippen molar-refractivity contribution in [2.24, 2.45) is 0 Å². The van der Waals surface area contributed by atoms with Gasteiger partial charge < -0.3 is 9.47 Å². The van der Waals surface area contributed by atoms with Crippen molar-refractivity contribution >= 4 is 5.97 Å². The fourth-order valence-electron chi connectivity index (χ4n) is 2.17. The largest absolute Gasteiger partial charge is 0.489 e. The second-order valence-corrected chi connectivity index (χ2v) is 4.52. The fourth-order valence-corrected chi connectivity index (χ4v) is 2.17. The molecule has 0 saturated heterocycles. The summed E-state index contributed by atoms with van der Waals surface area (Å²) in [6, 6.07) is 16.9. The lowest BCUT2D eigenvalue weighted by atomic mass is 10.0. The van der Waals surface area contributed by atoms with Crippen LogP contribution in [0.2, 0.25) is 0 Å². The van der Waals surface area contributed by atoms with Crippen molar-refractivity contribution in [3.8, 4) is 5.75 Å². The van der Waals surface area contributed by atoms with Crippen molar-refractivity contribution in [2.75, 3.05) is 6.61 Å². The van der Waals surface area contributed by atoms with E-state index in [0.29, 0.717) is 18.6 Å². The van der Waals surface area contributed by atoms with Crippen LogP contribution in [0.25, 0.3) is 0 Å². The van der Waals surface area contributed by atoms with Crippen LogP contribution >= 0.6 is 0 Å². The van der Waals surface area contributed by atoms with E-state index in [4.69, 9.17) is 9.47 Å². The summed E-state index contributed by atoms with van der Waals surface area (Å²) >= 11 is 0. The van der Waals surface area contributed by atoms with Gasteiger partial charge in [-0.2, -0.15) is 0 Å². The highest BCUT2D eigenvalue weighted by Crippen LogP contribution is 2.25. The van der Waals surface area contributed by atoms with Crippen molar-refractivity contribution < 1.29 is 14.3 Å². The molecular formula is C16H14O3. The highest BCUT2D eigenvalue weighted by atomic mass is 16.6. The van der Waals surface area contributed by atoms with Gasteiger partial charge in [-0.25, -0.2) is 4.79 Å². The van der Waals surface area contributed by atoms with Crippen LogP contribution in [-0.4, -0.2) is 18.7 Å². The van der Waals surface area contributed by atoms with Gasteiger partial charge in [0.2, 0.25) is 0 Å². The second-order valence-electron chi connectivity index (χ2n) is 4.52. The molecule has 3 nitrogen and oxygen atoms in total. The topological polar surface area (TPSA) is 35.5 Å². The zero-order valence-electron chi connectivity index (χ0n) is 10.4. The molecule has 1 unspecified atom stereocenters. The SMILES string of the molecule is O=C(OC1COc2ccccc2C1)c1ccccc1. The number of hydrogen-bond acceptors (Lipinski definition) is 3. The normalized spacial score (nSPS) is 17.2. The zero-order chi connectivity index (χ0) is 13.1. The van der Waals surface area contributed by atoms with Crippen LogP contribution in [-0.2, 0) is 11.2 Å². The van der Waals surface area contributed by atoms with E-state index in [2.05, 4.69) is 0 Å². The molecule has 0 radical (unpaired) electrons. The van der Waals surface area contributed by atoms with Crippen molar-refractivity contribution in [1.82, 2.24) is 0 Å². The number of ether oxygens (including phenoxy) is 2. The molecular weight excluding hydrogens is 240 g/mol. The number of carbonyl (C=O) groups excluding carboxylic acids is 1. The molecule has 1 heterocycles. The third-order valence-corrected chi connectivity index (χ3v) is 3.13. The molecule has 3 heteroatoms. The molecule has 2 aromatic rings. The number of carbonyl (C=O) groups is 1. The summed E-state index contributed by atoms with van der Waals surface area (Å²) in [5, 5.41) is 0. The Morgan fingerprint density at radius 1 is 1.05 bits per heavy atom. The van der Waals surface area contributed by atoms with E-state index < -0.39 is 0 Å². The number of fused-ring (bicyclic) bond motifs is 1. The Balaban J connectivity index is 1.68. The Morgan fingerprint density at radius 3 is 2.63 bits per heavy atom. The first-order chi connectivity index (χ1) is 9.33. The minimum atomic E-state index is -0.298. The summed E-state index contributed by atoms with van der Waals surface area (Å²) in [4.78, 5) is 11.9. The summed E-state index contributed by atoms with van der Waals surface area (Å²) < 4.78 is 11.1. The maximum atomic E-state index is 11.9. The van der Waals surface area contributed by atoms with Crippen molar-refractivity contribution in [2.45, 2.75) is 12.5 Å². The average Bonchev–Trinajstić information content (AvgIpc) is 2.48. The van der Waals surface area contributed by atoms with Gasteiger partial charge in [-0.1, -0.05) is 36.4 Å². The molecule has 0 saturated carbocycles. The van der Waals surface area contributed by atoms with Crippen molar-refractivity contribution in [3.63, 3.8) is 0 Å². The highest BCUT2D eigenvalue weighted by molar-refractivity contribution is 5.89. The van der Waals surface area contributed by atoms with Gasteiger partial charge in [0, 0.05) is 6.42 Å². The molecule has 1 aliphatic rings. The molecule has 19 heavy (non-hydrogen) atoms. The predicted octanol–water partition coefficient (Wildman–Crippen LogP) is 2.85. The first kappa shape index (κ1) is 11.8. The molecule has 0 amide bonds. The molecule has 1 aliphatic heterocycles. The molecule has 96 valence electrons. The molecule has 0 aliphatic carbocycles. The van der Waals surface area contributed by atoms with Gasteiger partial charge in [-0.3, -0.25) is 0 Å². The third kappa shape index (κ3) is 2.60. The lowest BCUT2D eigenvalue weighted by Gasteiger charge is -2.25. The van der Waals surface area contributed by atoms with Crippen LogP contribution in [0.1, 0.15) is 15.9 Å². The average molecular weight is 254 g/mol. The number of esters is 1. The minimum absolute atomic E-state index is 0.220. The maximum Gasteiger partial charge on any atom is 0.338 e. The van der Waals surface area contributed by atoms with Crippen molar-refractivity contribution in [1.29, 1.82) is 0 Å². The van der Waals surface area contributed by atoms with E-state index in [0.717, 1.165) is 11.3 Å². The Morgan fingerprint density at radius 2 is 1.79 bits per heavy atom. The first-order valence-electron chi connectivity index (χ1n) is 6.29. The van der Waals surface area contributed by atoms with E-state index in [1.807, 2.05) is 42.5 Å². The van der Waals surface area contributed by atoms with Crippen molar-refractivity contribution in [3.05, 3.63) is 65.7 Å². The molecule has 2 aromatic carbocycles. The molecule has 0 aromatic heterocycles. The fraction of sp³-hybridized carbons (Fsp3) is 0.188. The number of benzene rings is 2. The maximum absolute atomic E-state index is 11.9. The van der Waals surface area contributed by atoms with Gasteiger partial charge in [0.05, 0.1) is 5.56 Å². The standard InChI is InChI=1S/C16H14O3/c17-16(12-6-2-1-3-7-12)19-14-10-13-8-4-5-9-15(13)18-11-14/h1-9,14H,10-11H2. The van der Waals surface area contributed by atoms with E-state index in [1.54, 1.807) is 12.1 Å².